The summed E-state index contributed by atoms with van der Waals surface area (Å²) >= 11 is 7.51. The molecule has 0 radical (unpaired) electrons. The van der Waals surface area contributed by atoms with Crippen LogP contribution in [-0.2, 0) is 11.2 Å². The third kappa shape index (κ3) is 2.90. The molecule has 0 spiro atoms. The molecule has 0 aromatic carbocycles. The van der Waals surface area contributed by atoms with E-state index in [0.717, 1.165) is 12.7 Å². The molecule has 0 aliphatic heterocycles. The van der Waals surface area contributed by atoms with Gasteiger partial charge in [0.1, 0.15) is 17.3 Å². The fourth-order valence-corrected chi connectivity index (χ4v) is 2.27. The van der Waals surface area contributed by atoms with E-state index in [4.69, 9.17) is 11.6 Å². The second-order valence-electron chi connectivity index (χ2n) is 4.16. The number of halogens is 1. The fourth-order valence-electron chi connectivity index (χ4n) is 1.61. The number of carbonyl (C=O) groups excluding carboxylic acids is 1. The fraction of sp³-hybridized carbons (Fsp3) is 0.545. The van der Waals surface area contributed by atoms with Crippen molar-refractivity contribution in [1.82, 2.24) is 9.97 Å². The molecular weight excluding hydrogens is 258 g/mol. The summed E-state index contributed by atoms with van der Waals surface area (Å²) in [5, 5.41) is 4.32. The largest absolute Gasteiger partial charge is 0.367 e. The Morgan fingerprint density at radius 3 is 2.82 bits per heavy atom. The highest BCUT2D eigenvalue weighted by Gasteiger charge is 2.33. The van der Waals surface area contributed by atoms with E-state index in [1.165, 1.54) is 11.8 Å². The lowest BCUT2D eigenvalue weighted by Crippen LogP contribution is -2.10. The van der Waals surface area contributed by atoms with E-state index in [1.807, 2.05) is 6.26 Å². The third-order valence-electron chi connectivity index (χ3n) is 2.84. The van der Waals surface area contributed by atoms with Crippen molar-refractivity contribution in [2.45, 2.75) is 31.0 Å². The molecule has 1 aliphatic carbocycles. The molecule has 1 saturated carbocycles. The van der Waals surface area contributed by atoms with Crippen LogP contribution in [0, 0.1) is 5.92 Å². The van der Waals surface area contributed by atoms with Crippen LogP contribution in [0.5, 0.6) is 0 Å². The van der Waals surface area contributed by atoms with Crippen LogP contribution in [0.3, 0.4) is 0 Å². The summed E-state index contributed by atoms with van der Waals surface area (Å²) in [5.74, 6) is 1.36. The minimum Gasteiger partial charge on any atom is -0.367 e. The van der Waals surface area contributed by atoms with Gasteiger partial charge in [-0.25, -0.2) is 9.97 Å². The molecule has 2 unspecified atom stereocenters. The molecule has 92 valence electrons. The first-order valence-electron chi connectivity index (χ1n) is 5.46. The molecule has 0 amide bonds. The molecule has 1 fully saturated rings. The molecule has 0 saturated heterocycles. The first-order valence-corrected chi connectivity index (χ1v) is 7.06. The molecule has 2 atom stereocenters. The molecule has 4 nitrogen and oxygen atoms in total. The second-order valence-corrected chi connectivity index (χ2v) is 5.29. The molecular formula is C11H14ClN3OS. The Labute approximate surface area is 110 Å². The zero-order valence-corrected chi connectivity index (χ0v) is 11.3. The maximum absolute atomic E-state index is 10.7. The number of aldehydes is 1. The summed E-state index contributed by atoms with van der Waals surface area (Å²) in [6.07, 6.45) is 4.10. The monoisotopic (exact) mass is 271 g/mol. The van der Waals surface area contributed by atoms with Gasteiger partial charge < -0.3 is 10.1 Å². The van der Waals surface area contributed by atoms with Gasteiger partial charge in [-0.3, -0.25) is 0 Å². The number of carbonyl (C=O) groups is 1. The number of hydrogen-bond acceptors (Lipinski definition) is 5. The average Bonchev–Trinajstić information content (AvgIpc) is 2.99. The van der Waals surface area contributed by atoms with Gasteiger partial charge in [-0.1, -0.05) is 30.3 Å². The summed E-state index contributed by atoms with van der Waals surface area (Å²) < 4.78 is 0. The third-order valence-corrected chi connectivity index (χ3v) is 3.70. The van der Waals surface area contributed by atoms with Crippen molar-refractivity contribution < 1.29 is 4.79 Å². The van der Waals surface area contributed by atoms with Gasteiger partial charge in [0.2, 0.25) is 0 Å². The van der Waals surface area contributed by atoms with Gasteiger partial charge in [0, 0.05) is 18.0 Å². The second kappa shape index (κ2) is 5.23. The van der Waals surface area contributed by atoms with E-state index in [9.17, 15) is 4.79 Å². The molecule has 1 aromatic heterocycles. The van der Waals surface area contributed by atoms with Gasteiger partial charge in [-0.05, 0) is 18.6 Å². The van der Waals surface area contributed by atoms with E-state index < -0.39 is 0 Å². The van der Waals surface area contributed by atoms with E-state index >= 15 is 0 Å². The van der Waals surface area contributed by atoms with Crippen molar-refractivity contribution in [3.8, 4) is 0 Å². The van der Waals surface area contributed by atoms with E-state index in [1.54, 1.807) is 0 Å². The summed E-state index contributed by atoms with van der Waals surface area (Å²) in [5.41, 5.74) is 0.693. The summed E-state index contributed by atoms with van der Waals surface area (Å²) in [7, 11) is 0. The molecule has 1 aromatic rings. The van der Waals surface area contributed by atoms with Crippen LogP contribution in [0.25, 0.3) is 0 Å². The van der Waals surface area contributed by atoms with Gasteiger partial charge >= 0.3 is 0 Å². The Hall–Kier alpha value is -0.810. The van der Waals surface area contributed by atoms with Crippen LogP contribution in [0.15, 0.2) is 5.16 Å². The molecule has 1 aliphatic rings. The summed E-state index contributed by atoms with van der Waals surface area (Å²) in [4.78, 5) is 19.2. The Morgan fingerprint density at radius 2 is 2.29 bits per heavy atom. The highest BCUT2D eigenvalue weighted by molar-refractivity contribution is 7.98. The maximum atomic E-state index is 10.7. The van der Waals surface area contributed by atoms with Crippen molar-refractivity contribution in [1.29, 1.82) is 0 Å². The molecule has 6 heteroatoms. The first-order chi connectivity index (χ1) is 8.15. The average molecular weight is 272 g/mol. The topological polar surface area (TPSA) is 54.9 Å². The number of anilines is 1. The molecule has 1 N–H and O–H groups in total. The number of aromatic nitrogens is 2. The molecule has 2 rings (SSSR count). The van der Waals surface area contributed by atoms with Crippen LogP contribution in [0.2, 0.25) is 5.15 Å². The van der Waals surface area contributed by atoms with Crippen molar-refractivity contribution >= 4 is 35.5 Å². The van der Waals surface area contributed by atoms with Crippen molar-refractivity contribution in [2.24, 2.45) is 5.92 Å². The number of nitrogens with zero attached hydrogens (tertiary/aromatic N) is 2. The Bertz CT molecular complexity index is 441. The minimum atomic E-state index is 0.247. The Balaban J connectivity index is 2.30. The van der Waals surface area contributed by atoms with Crippen LogP contribution in [-0.4, -0.2) is 28.6 Å². The minimum absolute atomic E-state index is 0.247. The van der Waals surface area contributed by atoms with Gasteiger partial charge in [-0.15, -0.1) is 0 Å². The summed E-state index contributed by atoms with van der Waals surface area (Å²) in [6.45, 7) is 2.18. The highest BCUT2D eigenvalue weighted by Crippen LogP contribution is 2.34. The zero-order valence-electron chi connectivity index (χ0n) is 9.74. The van der Waals surface area contributed by atoms with Gasteiger partial charge in [0.25, 0.3) is 0 Å². The van der Waals surface area contributed by atoms with Gasteiger partial charge in [0.05, 0.1) is 0 Å². The number of thioether (sulfide) groups is 1. The maximum Gasteiger partial charge on any atom is 0.190 e. The number of rotatable bonds is 5. The predicted molar refractivity (Wildman–Crippen MR) is 69.8 cm³/mol. The van der Waals surface area contributed by atoms with Gasteiger partial charge in [-0.2, -0.15) is 0 Å². The zero-order chi connectivity index (χ0) is 12.4. The van der Waals surface area contributed by atoms with Crippen LogP contribution in [0.4, 0.5) is 5.82 Å². The SMILES string of the molecule is CSc1nc(Cl)c(CC=O)c(NC2CC2C)n1. The van der Waals surface area contributed by atoms with Gasteiger partial charge in [0.15, 0.2) is 5.16 Å². The van der Waals surface area contributed by atoms with E-state index in [2.05, 4.69) is 22.2 Å². The highest BCUT2D eigenvalue weighted by atomic mass is 35.5. The van der Waals surface area contributed by atoms with E-state index in [0.29, 0.717) is 33.7 Å². The molecule has 17 heavy (non-hydrogen) atoms. The Kier molecular flexibility index (Phi) is 3.89. The Morgan fingerprint density at radius 1 is 1.59 bits per heavy atom. The standard InChI is InChI=1S/C11H14ClN3OS/c1-6-5-8(6)13-10-7(3-4-16)9(12)14-11(15-10)17-2/h4,6,8H,3,5H2,1-2H3,(H,13,14,15). The smallest absolute Gasteiger partial charge is 0.190 e. The quantitative estimate of drug-likeness (QED) is 0.386. The van der Waals surface area contributed by atoms with Crippen LogP contribution in [0.1, 0.15) is 18.9 Å². The lowest BCUT2D eigenvalue weighted by atomic mass is 10.2. The van der Waals surface area contributed by atoms with Crippen molar-refractivity contribution in [3.05, 3.63) is 10.7 Å². The van der Waals surface area contributed by atoms with Crippen molar-refractivity contribution in [3.63, 3.8) is 0 Å². The van der Waals surface area contributed by atoms with Crippen molar-refractivity contribution in [2.75, 3.05) is 11.6 Å². The van der Waals surface area contributed by atoms with Crippen LogP contribution < -0.4 is 5.32 Å². The lowest BCUT2D eigenvalue weighted by Gasteiger charge is -2.11. The number of nitrogens with one attached hydrogen (secondary N) is 1. The molecule has 1 heterocycles. The lowest BCUT2D eigenvalue weighted by molar-refractivity contribution is -0.107. The summed E-state index contributed by atoms with van der Waals surface area (Å²) in [6, 6.07) is 0.445. The predicted octanol–water partition coefficient (Wildman–Crippen LogP) is 2.41. The first kappa shape index (κ1) is 12.6. The molecule has 0 bridgehead atoms. The van der Waals surface area contributed by atoms with E-state index in [-0.39, 0.29) is 6.42 Å². The van der Waals surface area contributed by atoms with Crippen LogP contribution >= 0.6 is 23.4 Å². The normalized spacial score (nSPS) is 22.3. The number of hydrogen-bond donors (Lipinski definition) is 1.